The standard InChI is InChI=1S/C13H20ClNO2S2/c1-13(2,3)10-4-6-15(9-10)19(16,17)12-5-7-18-11(12)8-14/h5,7,10H,4,6,8-9H2,1-3H3. The molecule has 0 radical (unpaired) electrons. The van der Waals surface area contributed by atoms with Crippen molar-refractivity contribution in [2.75, 3.05) is 13.1 Å². The number of hydrogen-bond donors (Lipinski definition) is 0. The molecule has 19 heavy (non-hydrogen) atoms. The lowest BCUT2D eigenvalue weighted by atomic mass is 9.80. The van der Waals surface area contributed by atoms with Gasteiger partial charge in [0, 0.05) is 18.0 Å². The molecule has 1 aliphatic heterocycles. The molecule has 1 aromatic rings. The van der Waals surface area contributed by atoms with Gasteiger partial charge in [0.05, 0.1) is 10.8 Å². The Bertz CT molecular complexity index is 545. The summed E-state index contributed by atoms with van der Waals surface area (Å²) in [4.78, 5) is 1.13. The zero-order chi connectivity index (χ0) is 14.3. The number of nitrogens with zero attached hydrogens (tertiary/aromatic N) is 1. The number of alkyl halides is 1. The smallest absolute Gasteiger partial charge is 0.207 e. The van der Waals surface area contributed by atoms with Gasteiger partial charge >= 0.3 is 0 Å². The van der Waals surface area contributed by atoms with Crippen LogP contribution in [-0.4, -0.2) is 25.8 Å². The van der Waals surface area contributed by atoms with Crippen molar-refractivity contribution in [3.8, 4) is 0 Å². The molecule has 3 nitrogen and oxygen atoms in total. The molecular weight excluding hydrogens is 302 g/mol. The van der Waals surface area contributed by atoms with E-state index in [4.69, 9.17) is 11.6 Å². The van der Waals surface area contributed by atoms with Crippen molar-refractivity contribution < 1.29 is 8.42 Å². The summed E-state index contributed by atoms with van der Waals surface area (Å²) < 4.78 is 26.9. The highest BCUT2D eigenvalue weighted by molar-refractivity contribution is 7.89. The van der Waals surface area contributed by atoms with Gasteiger partial charge < -0.3 is 0 Å². The Hall–Kier alpha value is -0.100. The van der Waals surface area contributed by atoms with E-state index in [9.17, 15) is 8.42 Å². The normalized spacial score (nSPS) is 22.0. The van der Waals surface area contributed by atoms with Crippen LogP contribution in [0.15, 0.2) is 16.3 Å². The van der Waals surface area contributed by atoms with Crippen molar-refractivity contribution >= 4 is 33.0 Å². The number of sulfonamides is 1. The van der Waals surface area contributed by atoms with Crippen molar-refractivity contribution in [3.63, 3.8) is 0 Å². The Kier molecular flexibility index (Phi) is 4.31. The molecule has 1 atom stereocenters. The largest absolute Gasteiger partial charge is 0.244 e. The van der Waals surface area contributed by atoms with E-state index in [-0.39, 0.29) is 11.3 Å². The van der Waals surface area contributed by atoms with E-state index >= 15 is 0 Å². The second kappa shape index (κ2) is 5.35. The lowest BCUT2D eigenvalue weighted by molar-refractivity contribution is 0.252. The summed E-state index contributed by atoms with van der Waals surface area (Å²) in [5.74, 6) is 0.670. The molecule has 1 aromatic heterocycles. The minimum absolute atomic E-state index is 0.147. The van der Waals surface area contributed by atoms with Crippen LogP contribution in [0.2, 0.25) is 0 Å². The lowest BCUT2D eigenvalue weighted by Gasteiger charge is -2.26. The molecule has 0 bridgehead atoms. The third kappa shape index (κ3) is 2.99. The van der Waals surface area contributed by atoms with Gasteiger partial charge in [-0.2, -0.15) is 4.31 Å². The SMILES string of the molecule is CC(C)(C)C1CCN(S(=O)(=O)c2ccsc2CCl)C1. The van der Waals surface area contributed by atoms with Gasteiger partial charge in [-0.05, 0) is 29.2 Å². The quantitative estimate of drug-likeness (QED) is 0.798. The Balaban J connectivity index is 2.23. The average molecular weight is 322 g/mol. The van der Waals surface area contributed by atoms with Gasteiger partial charge in [0.1, 0.15) is 0 Å². The highest BCUT2D eigenvalue weighted by atomic mass is 35.5. The van der Waals surface area contributed by atoms with Gasteiger partial charge in [-0.25, -0.2) is 8.42 Å². The van der Waals surface area contributed by atoms with Gasteiger partial charge in [-0.15, -0.1) is 22.9 Å². The Morgan fingerprint density at radius 1 is 1.47 bits per heavy atom. The monoisotopic (exact) mass is 321 g/mol. The predicted octanol–water partition coefficient (Wildman–Crippen LogP) is 3.54. The first-order valence-corrected chi connectivity index (χ1v) is 9.24. The second-order valence-corrected chi connectivity index (χ2v) is 9.23. The zero-order valence-electron chi connectivity index (χ0n) is 11.5. The molecule has 2 rings (SSSR count). The maximum atomic E-state index is 12.6. The van der Waals surface area contributed by atoms with E-state index in [2.05, 4.69) is 20.8 Å². The summed E-state index contributed by atoms with van der Waals surface area (Å²) in [6.07, 6.45) is 0.934. The van der Waals surface area contributed by atoms with Crippen LogP contribution in [0, 0.1) is 11.3 Å². The van der Waals surface area contributed by atoms with Crippen LogP contribution in [0.4, 0.5) is 0 Å². The van der Waals surface area contributed by atoms with Gasteiger partial charge in [-0.3, -0.25) is 0 Å². The summed E-state index contributed by atoms with van der Waals surface area (Å²) >= 11 is 7.22. The third-order valence-electron chi connectivity index (χ3n) is 3.82. The van der Waals surface area contributed by atoms with Crippen LogP contribution < -0.4 is 0 Å². The predicted molar refractivity (Wildman–Crippen MR) is 80.2 cm³/mol. The van der Waals surface area contributed by atoms with Gasteiger partial charge in [0.2, 0.25) is 10.0 Å². The zero-order valence-corrected chi connectivity index (χ0v) is 13.9. The maximum Gasteiger partial charge on any atom is 0.244 e. The first-order chi connectivity index (χ1) is 8.76. The van der Waals surface area contributed by atoms with Crippen LogP contribution in [0.1, 0.15) is 32.1 Å². The number of thiophene rings is 1. The molecule has 0 spiro atoms. The fourth-order valence-electron chi connectivity index (χ4n) is 2.45. The topological polar surface area (TPSA) is 37.4 Å². The molecule has 0 amide bonds. The van der Waals surface area contributed by atoms with E-state index in [0.717, 1.165) is 11.3 Å². The Morgan fingerprint density at radius 3 is 2.68 bits per heavy atom. The van der Waals surface area contributed by atoms with E-state index in [0.29, 0.717) is 23.9 Å². The van der Waals surface area contributed by atoms with E-state index in [1.165, 1.54) is 11.3 Å². The summed E-state index contributed by atoms with van der Waals surface area (Å²) in [5.41, 5.74) is 0.147. The summed E-state index contributed by atoms with van der Waals surface area (Å²) in [6.45, 7) is 7.74. The molecule has 0 aliphatic carbocycles. The summed E-state index contributed by atoms with van der Waals surface area (Å²) in [6, 6.07) is 1.67. The van der Waals surface area contributed by atoms with Crippen LogP contribution in [0.3, 0.4) is 0 Å². The van der Waals surface area contributed by atoms with E-state index in [1.54, 1.807) is 15.8 Å². The van der Waals surface area contributed by atoms with Gasteiger partial charge in [-0.1, -0.05) is 20.8 Å². The lowest BCUT2D eigenvalue weighted by Crippen LogP contribution is -2.31. The van der Waals surface area contributed by atoms with Crippen molar-refractivity contribution in [1.29, 1.82) is 0 Å². The fourth-order valence-corrected chi connectivity index (χ4v) is 5.62. The average Bonchev–Trinajstić information content (AvgIpc) is 2.97. The third-order valence-corrected chi connectivity index (χ3v) is 7.25. The minimum Gasteiger partial charge on any atom is -0.207 e. The second-order valence-electron chi connectivity index (χ2n) is 6.06. The van der Waals surface area contributed by atoms with Crippen molar-refractivity contribution in [2.45, 2.75) is 38.0 Å². The molecular formula is C13H20ClNO2S2. The summed E-state index contributed by atoms with van der Waals surface area (Å²) in [7, 11) is -3.37. The highest BCUT2D eigenvalue weighted by Gasteiger charge is 2.38. The number of rotatable bonds is 3. The first kappa shape index (κ1) is 15.3. The van der Waals surface area contributed by atoms with E-state index in [1.807, 2.05) is 0 Å². The van der Waals surface area contributed by atoms with Gasteiger partial charge in [0.15, 0.2) is 0 Å². The van der Waals surface area contributed by atoms with Crippen molar-refractivity contribution in [3.05, 3.63) is 16.3 Å². The van der Waals surface area contributed by atoms with Crippen LogP contribution >= 0.6 is 22.9 Å². The van der Waals surface area contributed by atoms with E-state index < -0.39 is 10.0 Å². The molecule has 1 saturated heterocycles. The van der Waals surface area contributed by atoms with Crippen LogP contribution in [0.25, 0.3) is 0 Å². The summed E-state index contributed by atoms with van der Waals surface area (Å²) in [5, 5.41) is 1.79. The molecule has 108 valence electrons. The highest BCUT2D eigenvalue weighted by Crippen LogP contribution is 2.37. The maximum absolute atomic E-state index is 12.6. The minimum atomic E-state index is -3.37. The van der Waals surface area contributed by atoms with Crippen molar-refractivity contribution in [2.24, 2.45) is 11.3 Å². The molecule has 0 aromatic carbocycles. The molecule has 6 heteroatoms. The van der Waals surface area contributed by atoms with Crippen molar-refractivity contribution in [1.82, 2.24) is 4.31 Å². The molecule has 0 N–H and O–H groups in total. The molecule has 1 unspecified atom stereocenters. The van der Waals surface area contributed by atoms with Crippen LogP contribution in [0.5, 0.6) is 0 Å². The molecule has 1 fully saturated rings. The molecule has 1 aliphatic rings. The van der Waals surface area contributed by atoms with Crippen LogP contribution in [-0.2, 0) is 15.9 Å². The Morgan fingerprint density at radius 2 is 2.16 bits per heavy atom. The fraction of sp³-hybridized carbons (Fsp3) is 0.692. The van der Waals surface area contributed by atoms with Gasteiger partial charge in [0.25, 0.3) is 0 Å². The number of halogens is 1. The number of hydrogen-bond acceptors (Lipinski definition) is 3. The Labute approximate surface area is 124 Å². The molecule has 0 saturated carbocycles. The first-order valence-electron chi connectivity index (χ1n) is 6.39. The molecule has 2 heterocycles.